The molecule has 5 heteroatoms. The van der Waals surface area contributed by atoms with Crippen LogP contribution in [0.1, 0.15) is 75.7 Å². The minimum Gasteiger partial charge on any atom is -0.508 e. The van der Waals surface area contributed by atoms with E-state index in [0.29, 0.717) is 5.02 Å². The highest BCUT2D eigenvalue weighted by molar-refractivity contribution is 7.99. The maximum absolute atomic E-state index is 10.5. The largest absolute Gasteiger partial charge is 0.508 e. The number of benzene rings is 2. The number of nitrogens with zero attached hydrogens (tertiary/aromatic N) is 2. The van der Waals surface area contributed by atoms with Crippen LogP contribution in [0.25, 0.3) is 16.6 Å². The van der Waals surface area contributed by atoms with Crippen LogP contribution in [-0.2, 0) is 7.05 Å². The zero-order valence-corrected chi connectivity index (χ0v) is 22.2. The molecule has 0 bridgehead atoms. The highest BCUT2D eigenvalue weighted by Gasteiger charge is 2.23. The van der Waals surface area contributed by atoms with Crippen molar-refractivity contribution in [3.63, 3.8) is 0 Å². The summed E-state index contributed by atoms with van der Waals surface area (Å²) >= 11 is 8.70. The summed E-state index contributed by atoms with van der Waals surface area (Å²) in [6.45, 7) is 6.11. The van der Waals surface area contributed by atoms with Gasteiger partial charge in [0.25, 0.3) is 0 Å². The molecule has 1 heterocycles. The molecule has 1 unspecified atom stereocenters. The van der Waals surface area contributed by atoms with Crippen LogP contribution < -0.4 is 0 Å². The number of halogens is 1. The number of aliphatic hydroxyl groups excluding tert-OH is 1. The van der Waals surface area contributed by atoms with E-state index in [4.69, 9.17) is 16.6 Å². The normalized spacial score (nSPS) is 15.8. The van der Waals surface area contributed by atoms with Crippen molar-refractivity contribution in [2.75, 3.05) is 5.75 Å². The number of aryl methyl sites for hydroxylation is 1. The molecule has 0 saturated heterocycles. The molecular weight excluding hydrogens is 460 g/mol. The molecule has 3 aromatic rings. The molecule has 3 nitrogen and oxygen atoms in total. The Bertz CT molecular complexity index is 1210. The fourth-order valence-electron chi connectivity index (χ4n) is 4.49. The quantitative estimate of drug-likeness (QED) is 0.173. The molecule has 1 N–H and O–H groups in total. The van der Waals surface area contributed by atoms with E-state index in [2.05, 4.69) is 49.7 Å². The second-order valence-electron chi connectivity index (χ2n) is 9.21. The Kier molecular flexibility index (Phi) is 8.10. The summed E-state index contributed by atoms with van der Waals surface area (Å²) in [4.78, 5) is 6.45. The number of aliphatic hydroxyl groups is 1. The molecule has 0 amide bonds. The summed E-state index contributed by atoms with van der Waals surface area (Å²) < 4.78 is 2.18. The zero-order chi connectivity index (χ0) is 24.2. The first kappa shape index (κ1) is 24.9. The second-order valence-corrected chi connectivity index (χ2v) is 10.7. The zero-order valence-electron chi connectivity index (χ0n) is 20.6. The number of aromatic nitrogens is 2. The maximum atomic E-state index is 10.5. The smallest absolute Gasteiger partial charge is 0.118 e. The lowest BCUT2D eigenvalue weighted by Crippen LogP contribution is -2.08. The molecule has 0 radical (unpaired) electrons. The molecule has 34 heavy (non-hydrogen) atoms. The third-order valence-electron chi connectivity index (χ3n) is 6.61. The van der Waals surface area contributed by atoms with E-state index in [0.717, 1.165) is 53.2 Å². The first-order chi connectivity index (χ1) is 16.5. The molecular formula is C29H35ClN2OS. The number of imidazole rings is 1. The SMILES string of the molecule is C/C=C(O)\C(=C/CC)c1cc2nc(C(CCC)c3ccc(SCC4CC4)cc3)n(C)c2cc1Cl. The van der Waals surface area contributed by atoms with Crippen LogP contribution in [0.5, 0.6) is 0 Å². The van der Waals surface area contributed by atoms with Crippen LogP contribution in [-0.4, -0.2) is 20.4 Å². The number of hydrogen-bond donors (Lipinski definition) is 1. The summed E-state index contributed by atoms with van der Waals surface area (Å²) in [6.07, 6.45) is 9.43. The molecule has 4 rings (SSSR count). The average Bonchev–Trinajstić information content (AvgIpc) is 3.63. The van der Waals surface area contributed by atoms with Gasteiger partial charge in [-0.3, -0.25) is 0 Å². The van der Waals surface area contributed by atoms with Gasteiger partial charge in [0.05, 0.1) is 16.1 Å². The molecule has 1 aliphatic rings. The van der Waals surface area contributed by atoms with Crippen molar-refractivity contribution >= 4 is 40.0 Å². The first-order valence-electron chi connectivity index (χ1n) is 12.4. The average molecular weight is 495 g/mol. The van der Waals surface area contributed by atoms with Gasteiger partial charge in [-0.05, 0) is 74.4 Å². The van der Waals surface area contributed by atoms with Crippen LogP contribution in [0.15, 0.2) is 59.2 Å². The Hall–Kier alpha value is -2.17. The van der Waals surface area contributed by atoms with Crippen LogP contribution >= 0.6 is 23.4 Å². The van der Waals surface area contributed by atoms with Gasteiger partial charge in [-0.25, -0.2) is 4.98 Å². The molecule has 1 aromatic heterocycles. The van der Waals surface area contributed by atoms with Crippen molar-refractivity contribution in [2.45, 2.75) is 63.7 Å². The summed E-state index contributed by atoms with van der Waals surface area (Å²) in [7, 11) is 2.08. The molecule has 1 fully saturated rings. The van der Waals surface area contributed by atoms with E-state index in [1.165, 1.54) is 29.1 Å². The second kappa shape index (κ2) is 11.0. The van der Waals surface area contributed by atoms with Gasteiger partial charge in [-0.2, -0.15) is 0 Å². The van der Waals surface area contributed by atoms with Crippen LogP contribution in [0.2, 0.25) is 5.02 Å². The monoisotopic (exact) mass is 494 g/mol. The minimum atomic E-state index is 0.224. The van der Waals surface area contributed by atoms with E-state index in [9.17, 15) is 5.11 Å². The molecule has 0 spiro atoms. The molecule has 2 aromatic carbocycles. The van der Waals surface area contributed by atoms with Gasteiger partial charge < -0.3 is 9.67 Å². The summed E-state index contributed by atoms with van der Waals surface area (Å²) in [5.74, 6) is 3.68. The lowest BCUT2D eigenvalue weighted by Gasteiger charge is -2.17. The Morgan fingerprint density at radius 3 is 2.59 bits per heavy atom. The van der Waals surface area contributed by atoms with E-state index < -0.39 is 0 Å². The molecule has 1 aliphatic carbocycles. The van der Waals surface area contributed by atoms with Crippen molar-refractivity contribution in [2.24, 2.45) is 13.0 Å². The fraction of sp³-hybridized carbons (Fsp3) is 0.414. The molecule has 180 valence electrons. The highest BCUT2D eigenvalue weighted by Crippen LogP contribution is 2.38. The molecule has 1 atom stereocenters. The van der Waals surface area contributed by atoms with Crippen LogP contribution in [0.4, 0.5) is 0 Å². The van der Waals surface area contributed by atoms with Gasteiger partial charge >= 0.3 is 0 Å². The summed E-state index contributed by atoms with van der Waals surface area (Å²) in [5.41, 5.74) is 4.80. The highest BCUT2D eigenvalue weighted by atomic mass is 35.5. The Morgan fingerprint density at radius 2 is 1.97 bits per heavy atom. The lowest BCUT2D eigenvalue weighted by molar-refractivity contribution is 0.436. The van der Waals surface area contributed by atoms with Crippen molar-refractivity contribution in [1.29, 1.82) is 0 Å². The summed E-state index contributed by atoms with van der Waals surface area (Å²) in [6, 6.07) is 13.1. The number of rotatable bonds is 10. The molecule has 1 saturated carbocycles. The standard InChI is InChI=1S/C29H35ClN2OS/c1-5-8-22(20-12-14-21(15-13-20)34-18-19-10-11-19)29-31-26-16-24(23(9-6-2)28(33)7-3)25(30)17-27(26)32(29)4/h7,9,12-17,19,22,33H,5-6,8,10-11,18H2,1-4H3/b23-9-,28-7+. The number of hydrogen-bond acceptors (Lipinski definition) is 3. The molecule has 0 aliphatic heterocycles. The van der Waals surface area contributed by atoms with Gasteiger partial charge in [0.15, 0.2) is 0 Å². The first-order valence-corrected chi connectivity index (χ1v) is 13.8. The van der Waals surface area contributed by atoms with E-state index in [1.807, 2.05) is 36.9 Å². The Morgan fingerprint density at radius 1 is 1.24 bits per heavy atom. The Balaban J connectivity index is 1.71. The summed E-state index contributed by atoms with van der Waals surface area (Å²) in [5, 5.41) is 11.1. The topological polar surface area (TPSA) is 38.1 Å². The van der Waals surface area contributed by atoms with E-state index in [1.54, 1.807) is 6.08 Å². The van der Waals surface area contributed by atoms with E-state index in [-0.39, 0.29) is 11.7 Å². The fourth-order valence-corrected chi connectivity index (χ4v) is 5.84. The third kappa shape index (κ3) is 5.39. The van der Waals surface area contributed by atoms with Crippen molar-refractivity contribution in [3.05, 3.63) is 76.3 Å². The number of allylic oxidation sites excluding steroid dienone is 3. The predicted molar refractivity (Wildman–Crippen MR) is 147 cm³/mol. The van der Waals surface area contributed by atoms with Gasteiger partial charge in [0.2, 0.25) is 0 Å². The van der Waals surface area contributed by atoms with Gasteiger partial charge in [-0.15, -0.1) is 11.8 Å². The third-order valence-corrected chi connectivity index (χ3v) is 8.16. The van der Waals surface area contributed by atoms with Crippen molar-refractivity contribution in [3.8, 4) is 0 Å². The Labute approximate surface area is 212 Å². The van der Waals surface area contributed by atoms with Gasteiger partial charge in [0, 0.05) is 34.8 Å². The lowest BCUT2D eigenvalue weighted by atomic mass is 9.93. The number of fused-ring (bicyclic) bond motifs is 1. The maximum Gasteiger partial charge on any atom is 0.118 e. The predicted octanol–water partition coefficient (Wildman–Crippen LogP) is 8.92. The van der Waals surface area contributed by atoms with Crippen LogP contribution in [0, 0.1) is 5.92 Å². The number of thioether (sulfide) groups is 1. The van der Waals surface area contributed by atoms with E-state index >= 15 is 0 Å². The van der Waals surface area contributed by atoms with Crippen molar-refractivity contribution in [1.82, 2.24) is 9.55 Å². The van der Waals surface area contributed by atoms with Gasteiger partial charge in [-0.1, -0.05) is 50.1 Å². The minimum absolute atomic E-state index is 0.224. The van der Waals surface area contributed by atoms with Crippen LogP contribution in [0.3, 0.4) is 0 Å². The van der Waals surface area contributed by atoms with Gasteiger partial charge in [0.1, 0.15) is 11.6 Å². The van der Waals surface area contributed by atoms with Crippen molar-refractivity contribution < 1.29 is 5.11 Å².